The number of phenolic OH excluding ortho intramolecular Hbond substituents is 1. The summed E-state index contributed by atoms with van der Waals surface area (Å²) in [4.78, 5) is 0. The highest BCUT2D eigenvalue weighted by Gasteiger charge is 2.20. The van der Waals surface area contributed by atoms with Crippen LogP contribution in [0.1, 0.15) is 31.4 Å². The Morgan fingerprint density at radius 1 is 1.50 bits per heavy atom. The van der Waals surface area contributed by atoms with Crippen LogP contribution in [0.4, 0.5) is 0 Å². The van der Waals surface area contributed by atoms with E-state index in [4.69, 9.17) is 4.74 Å². The minimum absolute atomic E-state index is 0.251. The molecule has 0 aromatic heterocycles. The second-order valence-corrected chi connectivity index (χ2v) is 3.97. The zero-order chi connectivity index (χ0) is 10.1. The average molecular weight is 192 g/mol. The lowest BCUT2D eigenvalue weighted by Gasteiger charge is -2.06. The fourth-order valence-corrected chi connectivity index (χ4v) is 1.96. The van der Waals surface area contributed by atoms with Gasteiger partial charge >= 0.3 is 0 Å². The molecule has 1 aromatic rings. The molecule has 0 amide bonds. The Bertz CT molecular complexity index is 344. The topological polar surface area (TPSA) is 29.5 Å². The highest BCUT2D eigenvalue weighted by molar-refractivity contribution is 5.48. The van der Waals surface area contributed by atoms with Crippen molar-refractivity contribution in [3.05, 3.63) is 23.3 Å². The van der Waals surface area contributed by atoms with Gasteiger partial charge in [-0.15, -0.1) is 0 Å². The van der Waals surface area contributed by atoms with Gasteiger partial charge in [0.25, 0.3) is 0 Å². The van der Waals surface area contributed by atoms with Gasteiger partial charge in [0.05, 0.1) is 0 Å². The summed E-state index contributed by atoms with van der Waals surface area (Å²) < 4.78 is 5.64. The summed E-state index contributed by atoms with van der Waals surface area (Å²) in [5.74, 6) is 1.38. The molecule has 14 heavy (non-hydrogen) atoms. The van der Waals surface area contributed by atoms with Gasteiger partial charge in [-0.05, 0) is 31.0 Å². The molecule has 1 N–H and O–H groups in total. The minimum atomic E-state index is 0.251. The van der Waals surface area contributed by atoms with Gasteiger partial charge in [0.1, 0.15) is 17.6 Å². The van der Waals surface area contributed by atoms with Crippen LogP contribution in [0.3, 0.4) is 0 Å². The van der Waals surface area contributed by atoms with Crippen molar-refractivity contribution in [1.29, 1.82) is 0 Å². The van der Waals surface area contributed by atoms with Crippen LogP contribution in [0.2, 0.25) is 0 Å². The Morgan fingerprint density at radius 3 is 3.00 bits per heavy atom. The van der Waals surface area contributed by atoms with Crippen LogP contribution < -0.4 is 4.74 Å². The number of fused-ring (bicyclic) bond motifs is 1. The van der Waals surface area contributed by atoms with Crippen LogP contribution >= 0.6 is 0 Å². The number of aromatic hydroxyl groups is 1. The molecule has 0 bridgehead atoms. The lowest BCUT2D eigenvalue weighted by atomic mass is 10.0. The van der Waals surface area contributed by atoms with E-state index in [1.165, 1.54) is 0 Å². The smallest absolute Gasteiger partial charge is 0.123 e. The second kappa shape index (κ2) is 3.52. The van der Waals surface area contributed by atoms with E-state index in [2.05, 4.69) is 13.8 Å². The van der Waals surface area contributed by atoms with Crippen molar-refractivity contribution in [2.75, 3.05) is 0 Å². The molecule has 0 spiro atoms. The highest BCUT2D eigenvalue weighted by atomic mass is 16.5. The molecule has 0 saturated carbocycles. The number of benzene rings is 1. The van der Waals surface area contributed by atoms with Gasteiger partial charge in [-0.1, -0.05) is 13.3 Å². The summed E-state index contributed by atoms with van der Waals surface area (Å²) in [5.41, 5.74) is 2.13. The van der Waals surface area contributed by atoms with Crippen LogP contribution in [-0.2, 0) is 12.8 Å². The highest BCUT2D eigenvalue weighted by Crippen LogP contribution is 2.34. The lowest BCUT2D eigenvalue weighted by Crippen LogP contribution is -2.05. The van der Waals surface area contributed by atoms with Crippen molar-refractivity contribution in [1.82, 2.24) is 0 Å². The van der Waals surface area contributed by atoms with Crippen LogP contribution in [0.25, 0.3) is 0 Å². The Kier molecular flexibility index (Phi) is 2.36. The molecule has 1 aliphatic rings. The Morgan fingerprint density at radius 2 is 2.29 bits per heavy atom. The minimum Gasteiger partial charge on any atom is -0.508 e. The second-order valence-electron chi connectivity index (χ2n) is 3.97. The molecule has 0 saturated heterocycles. The molecular formula is C12H16O2. The molecule has 1 aliphatic heterocycles. The van der Waals surface area contributed by atoms with Crippen LogP contribution in [-0.4, -0.2) is 11.2 Å². The van der Waals surface area contributed by atoms with Gasteiger partial charge in [-0.2, -0.15) is 0 Å². The van der Waals surface area contributed by atoms with Crippen molar-refractivity contribution in [2.45, 2.75) is 39.2 Å². The standard InChI is InChI=1S/C12H16O2/c1-3-4-9-7-12-10(6-11(9)13)5-8(2)14-12/h6-8,13H,3-5H2,1-2H3. The van der Waals surface area contributed by atoms with E-state index < -0.39 is 0 Å². The van der Waals surface area contributed by atoms with Crippen LogP contribution in [0.5, 0.6) is 11.5 Å². The third-order valence-electron chi connectivity index (χ3n) is 2.62. The van der Waals surface area contributed by atoms with E-state index in [0.717, 1.165) is 36.1 Å². The van der Waals surface area contributed by atoms with E-state index in [1.54, 1.807) is 0 Å². The number of rotatable bonds is 2. The normalized spacial score (nSPS) is 19.1. The predicted octanol–water partition coefficient (Wildman–Crippen LogP) is 2.67. The van der Waals surface area contributed by atoms with E-state index in [1.807, 2.05) is 12.1 Å². The number of hydrogen-bond acceptors (Lipinski definition) is 2. The summed E-state index contributed by atoms with van der Waals surface area (Å²) >= 11 is 0. The Labute approximate surface area is 84.5 Å². The summed E-state index contributed by atoms with van der Waals surface area (Å²) in [6.07, 6.45) is 3.12. The van der Waals surface area contributed by atoms with Gasteiger partial charge in [-0.3, -0.25) is 0 Å². The quantitative estimate of drug-likeness (QED) is 0.780. The van der Waals surface area contributed by atoms with Crippen molar-refractivity contribution in [3.63, 3.8) is 0 Å². The van der Waals surface area contributed by atoms with Crippen molar-refractivity contribution in [2.24, 2.45) is 0 Å². The molecule has 1 aromatic carbocycles. The molecule has 1 atom stereocenters. The molecule has 0 aliphatic carbocycles. The first kappa shape index (κ1) is 9.38. The maximum atomic E-state index is 9.74. The van der Waals surface area contributed by atoms with E-state index in [-0.39, 0.29) is 6.10 Å². The number of hydrogen-bond donors (Lipinski definition) is 1. The molecule has 1 heterocycles. The molecule has 2 heteroatoms. The Balaban J connectivity index is 2.35. The molecule has 76 valence electrons. The fraction of sp³-hybridized carbons (Fsp3) is 0.500. The molecule has 0 radical (unpaired) electrons. The van der Waals surface area contributed by atoms with Gasteiger partial charge in [0.15, 0.2) is 0 Å². The summed E-state index contributed by atoms with van der Waals surface area (Å²) in [6.45, 7) is 4.16. The van der Waals surface area contributed by atoms with Crippen LogP contribution in [0, 0.1) is 0 Å². The fourth-order valence-electron chi connectivity index (χ4n) is 1.96. The largest absolute Gasteiger partial charge is 0.508 e. The zero-order valence-corrected chi connectivity index (χ0v) is 8.71. The predicted molar refractivity (Wildman–Crippen MR) is 55.9 cm³/mol. The van der Waals surface area contributed by atoms with Crippen molar-refractivity contribution < 1.29 is 9.84 Å². The maximum absolute atomic E-state index is 9.74. The molecule has 1 unspecified atom stereocenters. The third-order valence-corrected chi connectivity index (χ3v) is 2.62. The van der Waals surface area contributed by atoms with E-state index in [9.17, 15) is 5.11 Å². The van der Waals surface area contributed by atoms with Crippen molar-refractivity contribution >= 4 is 0 Å². The maximum Gasteiger partial charge on any atom is 0.123 e. The molecule has 2 nitrogen and oxygen atoms in total. The number of aryl methyl sites for hydroxylation is 1. The summed E-state index contributed by atoms with van der Waals surface area (Å²) in [7, 11) is 0. The van der Waals surface area contributed by atoms with E-state index in [0.29, 0.717) is 5.75 Å². The molecule has 2 rings (SSSR count). The zero-order valence-electron chi connectivity index (χ0n) is 8.71. The number of phenols is 1. The van der Waals surface area contributed by atoms with Gasteiger partial charge < -0.3 is 9.84 Å². The van der Waals surface area contributed by atoms with Crippen LogP contribution in [0.15, 0.2) is 12.1 Å². The first-order valence-electron chi connectivity index (χ1n) is 5.22. The first-order chi connectivity index (χ1) is 6.70. The first-order valence-corrected chi connectivity index (χ1v) is 5.22. The third kappa shape index (κ3) is 1.57. The molecular weight excluding hydrogens is 176 g/mol. The SMILES string of the molecule is CCCc1cc2c(cc1O)CC(C)O2. The lowest BCUT2D eigenvalue weighted by molar-refractivity contribution is 0.254. The average Bonchev–Trinajstić information content (AvgIpc) is 2.45. The van der Waals surface area contributed by atoms with E-state index >= 15 is 0 Å². The van der Waals surface area contributed by atoms with Gasteiger partial charge in [0.2, 0.25) is 0 Å². The van der Waals surface area contributed by atoms with Gasteiger partial charge in [-0.25, -0.2) is 0 Å². The van der Waals surface area contributed by atoms with Crippen molar-refractivity contribution in [3.8, 4) is 11.5 Å². The summed E-state index contributed by atoms with van der Waals surface area (Å²) in [6, 6.07) is 3.83. The monoisotopic (exact) mass is 192 g/mol. The van der Waals surface area contributed by atoms with Gasteiger partial charge in [0, 0.05) is 12.0 Å². The Hall–Kier alpha value is -1.18. The summed E-state index contributed by atoms with van der Waals surface area (Å²) in [5, 5.41) is 9.74. The molecule has 0 fully saturated rings. The number of ether oxygens (including phenoxy) is 1.